The Balaban J connectivity index is 2.00. The molecule has 0 aliphatic carbocycles. The number of nitrogens with zero attached hydrogens (tertiary/aromatic N) is 4. The van der Waals surface area contributed by atoms with Crippen molar-refractivity contribution < 1.29 is 4.79 Å². The summed E-state index contributed by atoms with van der Waals surface area (Å²) >= 11 is 0. The van der Waals surface area contributed by atoms with E-state index in [-0.39, 0.29) is 11.9 Å². The van der Waals surface area contributed by atoms with Crippen LogP contribution in [0.25, 0.3) is 0 Å². The first-order valence-electron chi connectivity index (χ1n) is 7.77. The molecule has 0 fully saturated rings. The average molecular weight is 315 g/mol. The molecule has 0 saturated carbocycles. The number of nitrogens with one attached hydrogen (secondary N) is 1. The summed E-state index contributed by atoms with van der Waals surface area (Å²) in [5, 5.41) is 7.30. The van der Waals surface area contributed by atoms with Gasteiger partial charge in [0.2, 0.25) is 5.91 Å². The highest BCUT2D eigenvalue weighted by molar-refractivity contribution is 5.83. The number of aryl methyl sites for hydroxylation is 3. The summed E-state index contributed by atoms with van der Waals surface area (Å²) in [4.78, 5) is 18.8. The Morgan fingerprint density at radius 3 is 2.61 bits per heavy atom. The van der Waals surface area contributed by atoms with Crippen molar-refractivity contribution in [1.29, 1.82) is 0 Å². The molecular formula is C17H25N5O. The van der Waals surface area contributed by atoms with Gasteiger partial charge in [-0.3, -0.25) is 9.69 Å². The van der Waals surface area contributed by atoms with E-state index in [4.69, 9.17) is 0 Å². The van der Waals surface area contributed by atoms with Gasteiger partial charge in [-0.2, -0.15) is 5.10 Å². The number of rotatable bonds is 6. The van der Waals surface area contributed by atoms with Crippen LogP contribution in [0, 0.1) is 20.8 Å². The van der Waals surface area contributed by atoms with Gasteiger partial charge < -0.3 is 5.32 Å². The number of benzene rings is 1. The highest BCUT2D eigenvalue weighted by Crippen LogP contribution is 2.19. The molecule has 6 heteroatoms. The van der Waals surface area contributed by atoms with Crippen molar-refractivity contribution in [2.75, 3.05) is 20.6 Å². The Labute approximate surface area is 137 Å². The van der Waals surface area contributed by atoms with Crippen LogP contribution < -0.4 is 5.32 Å². The topological polar surface area (TPSA) is 63.1 Å². The van der Waals surface area contributed by atoms with Crippen molar-refractivity contribution in [2.24, 2.45) is 0 Å². The minimum Gasteiger partial charge on any atom is -0.353 e. The van der Waals surface area contributed by atoms with Crippen molar-refractivity contribution in [3.63, 3.8) is 0 Å². The SMILES string of the molecule is Cc1cccc(C(C(=O)NCCn2nc(C)nc2C)N(C)C)c1. The number of hydrogen-bond acceptors (Lipinski definition) is 4. The largest absolute Gasteiger partial charge is 0.353 e. The van der Waals surface area contributed by atoms with Crippen LogP contribution in [0.15, 0.2) is 24.3 Å². The molecule has 0 aliphatic rings. The zero-order valence-electron chi connectivity index (χ0n) is 14.5. The lowest BCUT2D eigenvalue weighted by atomic mass is 10.0. The molecule has 2 aromatic rings. The Bertz CT molecular complexity index is 677. The average Bonchev–Trinajstić information content (AvgIpc) is 2.77. The molecule has 0 bridgehead atoms. The first-order valence-corrected chi connectivity index (χ1v) is 7.77. The van der Waals surface area contributed by atoms with Crippen molar-refractivity contribution in [2.45, 2.75) is 33.4 Å². The number of hydrogen-bond donors (Lipinski definition) is 1. The Morgan fingerprint density at radius 2 is 2.04 bits per heavy atom. The lowest BCUT2D eigenvalue weighted by Crippen LogP contribution is -2.38. The van der Waals surface area contributed by atoms with Crippen molar-refractivity contribution in [3.05, 3.63) is 47.0 Å². The maximum absolute atomic E-state index is 12.6. The molecule has 0 saturated heterocycles. The van der Waals surface area contributed by atoms with Crippen LogP contribution in [0.3, 0.4) is 0 Å². The lowest BCUT2D eigenvalue weighted by molar-refractivity contribution is -0.125. The van der Waals surface area contributed by atoms with E-state index in [2.05, 4.69) is 21.5 Å². The first kappa shape index (κ1) is 17.1. The van der Waals surface area contributed by atoms with Gasteiger partial charge in [0.15, 0.2) is 0 Å². The van der Waals surface area contributed by atoms with Gasteiger partial charge in [0, 0.05) is 6.54 Å². The van der Waals surface area contributed by atoms with Crippen molar-refractivity contribution in [1.82, 2.24) is 25.0 Å². The van der Waals surface area contributed by atoms with E-state index in [1.165, 1.54) is 0 Å². The number of amides is 1. The first-order chi connectivity index (χ1) is 10.9. The molecule has 1 aromatic heterocycles. The van der Waals surface area contributed by atoms with Crippen LogP contribution in [0.4, 0.5) is 0 Å². The Hall–Kier alpha value is -2.21. The number of likely N-dealkylation sites (N-methyl/N-ethyl adjacent to an activating group) is 1. The lowest BCUT2D eigenvalue weighted by Gasteiger charge is -2.24. The fraction of sp³-hybridized carbons (Fsp3) is 0.471. The van der Waals surface area contributed by atoms with Gasteiger partial charge in [0.05, 0.1) is 6.54 Å². The van der Waals surface area contributed by atoms with Crippen molar-refractivity contribution in [3.8, 4) is 0 Å². The molecule has 0 radical (unpaired) electrons. The molecule has 1 atom stereocenters. The van der Waals surface area contributed by atoms with Crippen LogP contribution in [-0.4, -0.2) is 46.2 Å². The summed E-state index contributed by atoms with van der Waals surface area (Å²) in [6, 6.07) is 7.76. The predicted octanol–water partition coefficient (Wildman–Crippen LogP) is 1.62. The standard InChI is InChI=1S/C17H25N5O/c1-12-7-6-8-15(11-12)16(21(4)5)17(23)18-9-10-22-14(3)19-13(2)20-22/h6-8,11,16H,9-10H2,1-5H3,(H,18,23). The summed E-state index contributed by atoms with van der Waals surface area (Å²) in [6.45, 7) is 6.95. The van der Waals surface area contributed by atoms with Gasteiger partial charge in [0.25, 0.3) is 0 Å². The number of carbonyl (C=O) groups excluding carboxylic acids is 1. The summed E-state index contributed by atoms with van der Waals surface area (Å²) in [7, 11) is 3.83. The summed E-state index contributed by atoms with van der Waals surface area (Å²) in [5.74, 6) is 1.61. The van der Waals surface area contributed by atoms with E-state index in [9.17, 15) is 4.79 Å². The molecule has 23 heavy (non-hydrogen) atoms. The summed E-state index contributed by atoms with van der Waals surface area (Å²) in [5.41, 5.74) is 2.15. The van der Waals surface area contributed by atoms with E-state index >= 15 is 0 Å². The third-order valence-electron chi connectivity index (χ3n) is 3.71. The van der Waals surface area contributed by atoms with Crippen LogP contribution in [0.2, 0.25) is 0 Å². The Kier molecular flexibility index (Phi) is 5.50. The molecular weight excluding hydrogens is 290 g/mol. The zero-order chi connectivity index (χ0) is 17.0. The highest BCUT2D eigenvalue weighted by Gasteiger charge is 2.22. The molecule has 1 unspecified atom stereocenters. The minimum absolute atomic E-state index is 0.00455. The third-order valence-corrected chi connectivity index (χ3v) is 3.71. The molecule has 124 valence electrons. The smallest absolute Gasteiger partial charge is 0.242 e. The van der Waals surface area contributed by atoms with Crippen LogP contribution in [-0.2, 0) is 11.3 Å². The molecule has 1 aromatic carbocycles. The molecule has 1 amide bonds. The van der Waals surface area contributed by atoms with Gasteiger partial charge in [-0.25, -0.2) is 9.67 Å². The molecule has 1 N–H and O–H groups in total. The van der Waals surface area contributed by atoms with E-state index < -0.39 is 0 Å². The minimum atomic E-state index is -0.298. The fourth-order valence-electron chi connectivity index (χ4n) is 2.68. The van der Waals surface area contributed by atoms with E-state index in [0.717, 1.165) is 22.8 Å². The van der Waals surface area contributed by atoms with Crippen molar-refractivity contribution >= 4 is 5.91 Å². The molecule has 0 aliphatic heterocycles. The normalized spacial score (nSPS) is 12.4. The third kappa shape index (κ3) is 4.39. The van der Waals surface area contributed by atoms with Gasteiger partial charge in [-0.15, -0.1) is 0 Å². The van der Waals surface area contributed by atoms with Crippen LogP contribution in [0.5, 0.6) is 0 Å². The van der Waals surface area contributed by atoms with Gasteiger partial charge in [0.1, 0.15) is 17.7 Å². The van der Waals surface area contributed by atoms with E-state index in [1.54, 1.807) is 0 Å². The van der Waals surface area contributed by atoms with Crippen LogP contribution in [0.1, 0.15) is 28.8 Å². The van der Waals surface area contributed by atoms with Gasteiger partial charge >= 0.3 is 0 Å². The monoisotopic (exact) mass is 315 g/mol. The second-order valence-electron chi connectivity index (χ2n) is 6.00. The molecule has 2 rings (SSSR count). The summed E-state index contributed by atoms with van der Waals surface area (Å²) in [6.07, 6.45) is 0. The fourth-order valence-corrected chi connectivity index (χ4v) is 2.68. The predicted molar refractivity (Wildman–Crippen MR) is 90.1 cm³/mol. The van der Waals surface area contributed by atoms with E-state index in [0.29, 0.717) is 13.1 Å². The Morgan fingerprint density at radius 1 is 1.30 bits per heavy atom. The summed E-state index contributed by atoms with van der Waals surface area (Å²) < 4.78 is 1.81. The number of aromatic nitrogens is 3. The molecule has 1 heterocycles. The number of carbonyl (C=O) groups is 1. The zero-order valence-corrected chi connectivity index (χ0v) is 14.5. The molecule has 6 nitrogen and oxygen atoms in total. The maximum atomic E-state index is 12.6. The quantitative estimate of drug-likeness (QED) is 0.880. The highest BCUT2D eigenvalue weighted by atomic mass is 16.2. The van der Waals surface area contributed by atoms with Crippen LogP contribution >= 0.6 is 0 Å². The second-order valence-corrected chi connectivity index (χ2v) is 6.00. The maximum Gasteiger partial charge on any atom is 0.242 e. The second kappa shape index (κ2) is 7.37. The van der Waals surface area contributed by atoms with Gasteiger partial charge in [-0.05, 0) is 40.4 Å². The van der Waals surface area contributed by atoms with Gasteiger partial charge in [-0.1, -0.05) is 29.8 Å². The van der Waals surface area contributed by atoms with E-state index in [1.807, 2.05) is 62.6 Å². The molecule has 0 spiro atoms.